The van der Waals surface area contributed by atoms with E-state index in [0.29, 0.717) is 13.2 Å². The molecule has 0 radical (unpaired) electrons. The van der Waals surface area contributed by atoms with Crippen LogP contribution in [0.3, 0.4) is 0 Å². The highest BCUT2D eigenvalue weighted by Gasteiger charge is 2.45. The van der Waals surface area contributed by atoms with Gasteiger partial charge in [0.1, 0.15) is 11.5 Å². The number of carbonyl (C=O) groups excluding carboxylic acids is 1. The molecular weight excluding hydrogens is 592 g/mol. The fourth-order valence-corrected chi connectivity index (χ4v) is 5.38. The first-order chi connectivity index (χ1) is 23.1. The van der Waals surface area contributed by atoms with Crippen molar-refractivity contribution in [2.45, 2.75) is 66.5 Å². The summed E-state index contributed by atoms with van der Waals surface area (Å²) in [6.07, 6.45) is 1.76. The van der Waals surface area contributed by atoms with Gasteiger partial charge in [0.05, 0.1) is 18.6 Å². The van der Waals surface area contributed by atoms with E-state index >= 15 is 0 Å². The van der Waals surface area contributed by atoms with Crippen LogP contribution >= 0.6 is 0 Å². The number of β-lactam (4-membered cyclic amide) rings is 1. The third-order valence-corrected chi connectivity index (χ3v) is 7.97. The second-order valence-electron chi connectivity index (χ2n) is 12.9. The van der Waals surface area contributed by atoms with Gasteiger partial charge < -0.3 is 20.1 Å². The van der Waals surface area contributed by atoms with Crippen molar-refractivity contribution < 1.29 is 14.3 Å². The van der Waals surface area contributed by atoms with E-state index in [-0.39, 0.29) is 23.4 Å². The number of amides is 1. The number of hydrogen-bond acceptors (Lipinski definition) is 4. The lowest BCUT2D eigenvalue weighted by Crippen LogP contribution is -2.61. The smallest absolute Gasteiger partial charge is 0.230 e. The van der Waals surface area contributed by atoms with Crippen LogP contribution in [0.4, 0.5) is 0 Å². The number of carbonyl (C=O) groups is 1. The summed E-state index contributed by atoms with van der Waals surface area (Å²) >= 11 is 0. The summed E-state index contributed by atoms with van der Waals surface area (Å²) in [6.45, 7) is 14.3. The van der Waals surface area contributed by atoms with Crippen molar-refractivity contribution in [3.05, 3.63) is 130 Å². The van der Waals surface area contributed by atoms with Gasteiger partial charge in [0.2, 0.25) is 5.91 Å². The monoisotopic (exact) mass is 640 g/mol. The van der Waals surface area contributed by atoms with Crippen molar-refractivity contribution in [1.82, 2.24) is 4.90 Å². The molecule has 0 spiro atoms. The highest BCUT2D eigenvalue weighted by molar-refractivity contribution is 5.88. The van der Waals surface area contributed by atoms with E-state index in [4.69, 9.17) is 15.2 Å². The van der Waals surface area contributed by atoms with E-state index in [9.17, 15) is 4.79 Å². The first-order valence-corrected chi connectivity index (χ1v) is 16.8. The quantitative estimate of drug-likeness (QED) is 0.151. The van der Waals surface area contributed by atoms with Crippen LogP contribution in [0.1, 0.15) is 74.9 Å². The van der Waals surface area contributed by atoms with Crippen LogP contribution < -0.4 is 15.2 Å². The normalized spacial score (nSPS) is 14.1. The summed E-state index contributed by atoms with van der Waals surface area (Å²) in [5.41, 5.74) is 12.0. The van der Waals surface area contributed by atoms with Gasteiger partial charge in [-0.25, -0.2) is 0 Å². The zero-order chi connectivity index (χ0) is 34.5. The molecule has 1 aliphatic heterocycles. The van der Waals surface area contributed by atoms with Crippen LogP contribution in [-0.2, 0) is 17.6 Å². The summed E-state index contributed by atoms with van der Waals surface area (Å²) in [5, 5.41) is 0. The minimum absolute atomic E-state index is 0.186. The Labute approximate surface area is 287 Å². The number of nitrogens with two attached hydrogens (primary N) is 1. The van der Waals surface area contributed by atoms with Gasteiger partial charge in [-0.15, -0.1) is 0 Å². The minimum Gasteiger partial charge on any atom is -0.494 e. The number of hydrogen-bond donors (Lipinski definition) is 1. The zero-order valence-electron chi connectivity index (χ0n) is 29.2. The van der Waals surface area contributed by atoms with Gasteiger partial charge in [-0.3, -0.25) is 4.79 Å². The second-order valence-corrected chi connectivity index (χ2v) is 12.9. The number of nitrogens with zero attached hydrogens (tertiary/aromatic N) is 1. The molecule has 1 aliphatic rings. The van der Waals surface area contributed by atoms with Gasteiger partial charge in [0, 0.05) is 40.9 Å². The Bertz CT molecular complexity index is 1730. The van der Waals surface area contributed by atoms with Crippen LogP contribution in [0.15, 0.2) is 97.1 Å². The summed E-state index contributed by atoms with van der Waals surface area (Å²) in [4.78, 5) is 14.1. The molecule has 1 amide bonds. The molecule has 0 aliphatic carbocycles. The van der Waals surface area contributed by atoms with Gasteiger partial charge in [0.25, 0.3) is 0 Å². The number of ether oxygens (including phenoxy) is 2. The maximum atomic E-state index is 12.1. The lowest BCUT2D eigenvalue weighted by molar-refractivity contribution is -0.160. The number of benzene rings is 4. The highest BCUT2D eigenvalue weighted by atomic mass is 16.5. The molecule has 48 heavy (non-hydrogen) atoms. The van der Waals surface area contributed by atoms with Gasteiger partial charge in [-0.05, 0) is 138 Å². The van der Waals surface area contributed by atoms with Crippen LogP contribution in [-0.4, -0.2) is 42.6 Å². The summed E-state index contributed by atoms with van der Waals surface area (Å²) < 4.78 is 10.9. The lowest BCUT2D eigenvalue weighted by Gasteiger charge is -2.48. The zero-order valence-corrected chi connectivity index (χ0v) is 29.2. The molecular formula is C43H48N2O3. The molecule has 5 rings (SSSR count). The molecule has 0 saturated carbocycles. The number of likely N-dealkylation sites (tertiary alicyclic amines) is 1. The standard InChI is InChI=1S/C24H27NO2.C19H21NO/c1-5-27-22-14-12-20(13-15-22)7-6-19-8-10-21(11-9-19)16-18(2)25-17-24(3,4)23(25)26;1-3-21-19-12-10-17(11-13-19)5-4-16-6-8-18(9-7-16)14-15(2)20/h8-15,18H,5,16-17H2,1-4H3;6-13,15H,3,14,20H2,1-2H3. The van der Waals surface area contributed by atoms with E-state index in [0.717, 1.165) is 53.1 Å². The Hall–Kier alpha value is -4.97. The topological polar surface area (TPSA) is 64.8 Å². The van der Waals surface area contributed by atoms with E-state index in [1.54, 1.807) is 0 Å². The van der Waals surface area contributed by atoms with Gasteiger partial charge in [0.15, 0.2) is 0 Å². The molecule has 1 fully saturated rings. The van der Waals surface area contributed by atoms with Crippen molar-refractivity contribution in [1.29, 1.82) is 0 Å². The predicted molar refractivity (Wildman–Crippen MR) is 196 cm³/mol. The summed E-state index contributed by atoms with van der Waals surface area (Å²) in [5.74, 6) is 14.7. The second kappa shape index (κ2) is 17.3. The Kier molecular flexibility index (Phi) is 12.9. The first-order valence-electron chi connectivity index (χ1n) is 16.8. The van der Waals surface area contributed by atoms with Gasteiger partial charge in [-0.2, -0.15) is 0 Å². The third kappa shape index (κ3) is 10.8. The van der Waals surface area contributed by atoms with E-state index < -0.39 is 0 Å². The van der Waals surface area contributed by atoms with Crippen molar-refractivity contribution in [2.24, 2.45) is 11.1 Å². The van der Waals surface area contributed by atoms with Crippen LogP contribution in [0.25, 0.3) is 0 Å². The van der Waals surface area contributed by atoms with Crippen LogP contribution in [0, 0.1) is 29.1 Å². The molecule has 2 unspecified atom stereocenters. The SMILES string of the molecule is CCOc1ccc(C#Cc2ccc(CC(C)N)cc2)cc1.CCOc1ccc(C#Cc2ccc(CC(C)N3CC(C)(C)C3=O)cc2)cc1. The molecule has 248 valence electrons. The van der Waals surface area contributed by atoms with E-state index in [1.807, 2.05) is 112 Å². The first kappa shape index (κ1) is 35.9. The molecule has 2 N–H and O–H groups in total. The summed E-state index contributed by atoms with van der Waals surface area (Å²) in [6, 6.07) is 32.6. The average Bonchev–Trinajstić information content (AvgIpc) is 3.08. The van der Waals surface area contributed by atoms with Crippen LogP contribution in [0.2, 0.25) is 0 Å². The minimum atomic E-state index is -0.186. The molecule has 4 aromatic carbocycles. The van der Waals surface area contributed by atoms with E-state index in [1.165, 1.54) is 11.1 Å². The van der Waals surface area contributed by atoms with Crippen molar-refractivity contribution in [3.63, 3.8) is 0 Å². The Morgan fingerprint density at radius 2 is 1.00 bits per heavy atom. The molecule has 2 atom stereocenters. The molecule has 0 bridgehead atoms. The Balaban J connectivity index is 0.000000224. The molecule has 1 heterocycles. The molecule has 5 nitrogen and oxygen atoms in total. The summed E-state index contributed by atoms with van der Waals surface area (Å²) in [7, 11) is 0. The van der Waals surface area contributed by atoms with Crippen molar-refractivity contribution in [2.75, 3.05) is 19.8 Å². The average molecular weight is 641 g/mol. The van der Waals surface area contributed by atoms with Crippen molar-refractivity contribution in [3.8, 4) is 35.2 Å². The highest BCUT2D eigenvalue weighted by Crippen LogP contribution is 2.33. The maximum Gasteiger partial charge on any atom is 0.230 e. The Morgan fingerprint density at radius 1 is 0.646 bits per heavy atom. The Morgan fingerprint density at radius 3 is 1.31 bits per heavy atom. The largest absolute Gasteiger partial charge is 0.494 e. The predicted octanol–water partition coefficient (Wildman–Crippen LogP) is 7.66. The maximum absolute atomic E-state index is 12.1. The fourth-order valence-electron chi connectivity index (χ4n) is 5.38. The molecule has 1 saturated heterocycles. The fraction of sp³-hybridized carbons (Fsp3) is 0.326. The number of rotatable bonds is 9. The van der Waals surface area contributed by atoms with Gasteiger partial charge >= 0.3 is 0 Å². The van der Waals surface area contributed by atoms with Gasteiger partial charge in [-0.1, -0.05) is 47.9 Å². The molecule has 4 aromatic rings. The van der Waals surface area contributed by atoms with Crippen LogP contribution in [0.5, 0.6) is 11.5 Å². The molecule has 0 aromatic heterocycles. The lowest BCUT2D eigenvalue weighted by atomic mass is 9.81. The van der Waals surface area contributed by atoms with E-state index in [2.05, 4.69) is 54.9 Å². The molecule has 5 heteroatoms. The third-order valence-electron chi connectivity index (χ3n) is 7.97. The van der Waals surface area contributed by atoms with Crippen molar-refractivity contribution >= 4 is 5.91 Å².